The number of rotatable bonds is 7. The number of nitrogens with one attached hydrogen (secondary N) is 1. The number of imidazole rings is 1. The van der Waals surface area contributed by atoms with E-state index in [2.05, 4.69) is 24.1 Å². The molecule has 0 bridgehead atoms. The number of aryl methyl sites for hydroxylation is 1. The van der Waals surface area contributed by atoms with Crippen LogP contribution in [0.5, 0.6) is 0 Å². The summed E-state index contributed by atoms with van der Waals surface area (Å²) in [6.07, 6.45) is 4.33. The highest BCUT2D eigenvalue weighted by molar-refractivity contribution is 5.75. The van der Waals surface area contributed by atoms with Crippen molar-refractivity contribution in [1.29, 1.82) is 0 Å². The first-order valence-electron chi connectivity index (χ1n) is 6.46. The van der Waals surface area contributed by atoms with Gasteiger partial charge in [-0.15, -0.1) is 0 Å². The molecule has 0 saturated carbocycles. The standard InChI is InChI=1S/C13H23N3O2/c1-10(2)13-15-7-9-16(13)8-5-12(18)14-6-4-11(3)17/h7,9-11,17H,4-6,8H2,1-3H3,(H,14,18). The Balaban J connectivity index is 2.31. The monoisotopic (exact) mass is 253 g/mol. The third-order valence-electron chi connectivity index (χ3n) is 2.73. The molecule has 0 aliphatic rings. The Bertz CT molecular complexity index is 372. The number of nitrogens with zero attached hydrogens (tertiary/aromatic N) is 2. The fourth-order valence-corrected chi connectivity index (χ4v) is 1.74. The van der Waals surface area contributed by atoms with Gasteiger partial charge < -0.3 is 15.0 Å². The Morgan fingerprint density at radius 1 is 1.50 bits per heavy atom. The highest BCUT2D eigenvalue weighted by Crippen LogP contribution is 2.11. The van der Waals surface area contributed by atoms with Crippen LogP contribution in [0, 0.1) is 0 Å². The molecule has 1 atom stereocenters. The molecule has 102 valence electrons. The molecule has 0 aliphatic carbocycles. The van der Waals surface area contributed by atoms with Crippen molar-refractivity contribution in [1.82, 2.24) is 14.9 Å². The smallest absolute Gasteiger partial charge is 0.221 e. The lowest BCUT2D eigenvalue weighted by atomic mass is 10.2. The van der Waals surface area contributed by atoms with Gasteiger partial charge >= 0.3 is 0 Å². The molecule has 5 nitrogen and oxygen atoms in total. The van der Waals surface area contributed by atoms with Crippen LogP contribution in [0.4, 0.5) is 0 Å². The molecule has 1 heterocycles. The van der Waals surface area contributed by atoms with Crippen LogP contribution in [-0.4, -0.2) is 33.2 Å². The number of aliphatic hydroxyl groups is 1. The van der Waals surface area contributed by atoms with E-state index in [1.165, 1.54) is 0 Å². The molecule has 1 rings (SSSR count). The molecular weight excluding hydrogens is 230 g/mol. The summed E-state index contributed by atoms with van der Waals surface area (Å²) in [5, 5.41) is 11.9. The molecule has 0 aromatic carbocycles. The topological polar surface area (TPSA) is 67.2 Å². The van der Waals surface area contributed by atoms with Crippen molar-refractivity contribution in [3.05, 3.63) is 18.2 Å². The number of hydrogen-bond acceptors (Lipinski definition) is 3. The first kappa shape index (κ1) is 14.7. The zero-order chi connectivity index (χ0) is 13.5. The van der Waals surface area contributed by atoms with E-state index in [1.807, 2.05) is 10.8 Å². The summed E-state index contributed by atoms with van der Waals surface area (Å²) in [6.45, 7) is 7.06. The molecule has 5 heteroatoms. The van der Waals surface area contributed by atoms with Crippen molar-refractivity contribution in [2.24, 2.45) is 0 Å². The summed E-state index contributed by atoms with van der Waals surface area (Å²) in [4.78, 5) is 15.9. The summed E-state index contributed by atoms with van der Waals surface area (Å²) < 4.78 is 2.01. The Hall–Kier alpha value is -1.36. The largest absolute Gasteiger partial charge is 0.393 e. The van der Waals surface area contributed by atoms with Gasteiger partial charge in [0.2, 0.25) is 5.91 Å². The fourth-order valence-electron chi connectivity index (χ4n) is 1.74. The maximum absolute atomic E-state index is 11.6. The summed E-state index contributed by atoms with van der Waals surface area (Å²) in [6, 6.07) is 0. The van der Waals surface area contributed by atoms with Crippen molar-refractivity contribution < 1.29 is 9.90 Å². The van der Waals surface area contributed by atoms with Gasteiger partial charge in [-0.3, -0.25) is 4.79 Å². The van der Waals surface area contributed by atoms with Crippen molar-refractivity contribution >= 4 is 5.91 Å². The number of carbonyl (C=O) groups is 1. The minimum atomic E-state index is -0.369. The lowest BCUT2D eigenvalue weighted by Crippen LogP contribution is -2.27. The van der Waals surface area contributed by atoms with Gasteiger partial charge in [-0.05, 0) is 13.3 Å². The molecule has 0 aliphatic heterocycles. The van der Waals surface area contributed by atoms with Crippen molar-refractivity contribution in [3.8, 4) is 0 Å². The average molecular weight is 253 g/mol. The van der Waals surface area contributed by atoms with Gasteiger partial charge in [0.05, 0.1) is 6.10 Å². The van der Waals surface area contributed by atoms with Crippen LogP contribution in [0.15, 0.2) is 12.4 Å². The summed E-state index contributed by atoms with van der Waals surface area (Å²) >= 11 is 0. The van der Waals surface area contributed by atoms with E-state index in [9.17, 15) is 4.79 Å². The van der Waals surface area contributed by atoms with E-state index in [-0.39, 0.29) is 12.0 Å². The quantitative estimate of drug-likeness (QED) is 0.769. The molecule has 0 saturated heterocycles. The number of amides is 1. The van der Waals surface area contributed by atoms with Crippen molar-refractivity contribution in [3.63, 3.8) is 0 Å². The summed E-state index contributed by atoms with van der Waals surface area (Å²) in [7, 11) is 0. The second-order valence-electron chi connectivity index (χ2n) is 4.87. The van der Waals surface area contributed by atoms with Crippen LogP contribution in [0.2, 0.25) is 0 Å². The number of carbonyl (C=O) groups excluding carboxylic acids is 1. The first-order valence-corrected chi connectivity index (χ1v) is 6.46. The van der Waals surface area contributed by atoms with Crippen LogP contribution in [-0.2, 0) is 11.3 Å². The van der Waals surface area contributed by atoms with Gasteiger partial charge in [0.1, 0.15) is 5.82 Å². The number of hydrogen-bond donors (Lipinski definition) is 2. The number of aliphatic hydroxyl groups excluding tert-OH is 1. The predicted octanol–water partition coefficient (Wildman–Crippen LogP) is 1.28. The predicted molar refractivity (Wildman–Crippen MR) is 70.2 cm³/mol. The molecule has 0 spiro atoms. The zero-order valence-electron chi connectivity index (χ0n) is 11.4. The molecule has 2 N–H and O–H groups in total. The van der Waals surface area contributed by atoms with Gasteiger partial charge in [-0.1, -0.05) is 13.8 Å². The summed E-state index contributed by atoms with van der Waals surface area (Å²) in [5.74, 6) is 1.38. The van der Waals surface area contributed by atoms with Gasteiger partial charge in [0.25, 0.3) is 0 Å². The van der Waals surface area contributed by atoms with Crippen molar-refractivity contribution in [2.45, 2.75) is 52.2 Å². The van der Waals surface area contributed by atoms with Crippen LogP contribution in [0.1, 0.15) is 45.4 Å². The maximum Gasteiger partial charge on any atom is 0.221 e. The molecule has 0 radical (unpaired) electrons. The minimum absolute atomic E-state index is 0.0130. The van der Waals surface area contributed by atoms with E-state index in [4.69, 9.17) is 5.11 Å². The lowest BCUT2D eigenvalue weighted by Gasteiger charge is -2.10. The van der Waals surface area contributed by atoms with Gasteiger partial charge in [0, 0.05) is 37.8 Å². The Kier molecular flexibility index (Phi) is 5.85. The Morgan fingerprint density at radius 3 is 2.83 bits per heavy atom. The van der Waals surface area contributed by atoms with E-state index in [0.29, 0.717) is 31.8 Å². The van der Waals surface area contributed by atoms with E-state index >= 15 is 0 Å². The Labute approximate surface area is 108 Å². The second kappa shape index (κ2) is 7.16. The van der Waals surface area contributed by atoms with Gasteiger partial charge in [-0.2, -0.15) is 0 Å². The van der Waals surface area contributed by atoms with Crippen LogP contribution in [0.3, 0.4) is 0 Å². The second-order valence-corrected chi connectivity index (χ2v) is 4.87. The number of aromatic nitrogens is 2. The third kappa shape index (κ3) is 4.87. The lowest BCUT2D eigenvalue weighted by molar-refractivity contribution is -0.121. The first-order chi connectivity index (χ1) is 8.50. The van der Waals surface area contributed by atoms with E-state index in [0.717, 1.165) is 5.82 Å². The van der Waals surface area contributed by atoms with Crippen LogP contribution >= 0.6 is 0 Å². The third-order valence-corrected chi connectivity index (χ3v) is 2.73. The normalized spacial score (nSPS) is 12.7. The molecule has 1 amide bonds. The highest BCUT2D eigenvalue weighted by atomic mass is 16.3. The zero-order valence-corrected chi connectivity index (χ0v) is 11.4. The molecule has 1 aromatic rings. The highest BCUT2D eigenvalue weighted by Gasteiger charge is 2.08. The molecular formula is C13H23N3O2. The van der Waals surface area contributed by atoms with Gasteiger partial charge in [-0.25, -0.2) is 4.98 Å². The fraction of sp³-hybridized carbons (Fsp3) is 0.692. The molecule has 1 unspecified atom stereocenters. The molecule has 0 fully saturated rings. The average Bonchev–Trinajstić information content (AvgIpc) is 2.74. The minimum Gasteiger partial charge on any atom is -0.393 e. The Morgan fingerprint density at radius 2 is 2.22 bits per heavy atom. The van der Waals surface area contributed by atoms with Gasteiger partial charge in [0.15, 0.2) is 0 Å². The van der Waals surface area contributed by atoms with Crippen LogP contribution < -0.4 is 5.32 Å². The van der Waals surface area contributed by atoms with E-state index < -0.39 is 0 Å². The molecule has 18 heavy (non-hydrogen) atoms. The molecule has 1 aromatic heterocycles. The maximum atomic E-state index is 11.6. The SMILES string of the molecule is CC(O)CCNC(=O)CCn1ccnc1C(C)C. The summed E-state index contributed by atoms with van der Waals surface area (Å²) in [5.41, 5.74) is 0. The van der Waals surface area contributed by atoms with Crippen molar-refractivity contribution in [2.75, 3.05) is 6.54 Å². The van der Waals surface area contributed by atoms with Crippen LogP contribution in [0.25, 0.3) is 0 Å². The van der Waals surface area contributed by atoms with E-state index in [1.54, 1.807) is 13.1 Å².